The fraction of sp³-hybridized carbons (Fsp3) is 0.333. The zero-order valence-corrected chi connectivity index (χ0v) is 11.4. The molecule has 1 N–H and O–H groups in total. The molecule has 4 heteroatoms. The summed E-state index contributed by atoms with van der Waals surface area (Å²) in [5, 5.41) is 5.16. The molecule has 0 atom stereocenters. The molecule has 1 aliphatic carbocycles. The highest BCUT2D eigenvalue weighted by Gasteiger charge is 2.27. The molecule has 1 aliphatic rings. The van der Waals surface area contributed by atoms with Gasteiger partial charge >= 0.3 is 0 Å². The first-order valence-corrected chi connectivity index (χ1v) is 6.87. The summed E-state index contributed by atoms with van der Waals surface area (Å²) in [5.41, 5.74) is 0.597. The van der Waals surface area contributed by atoms with Gasteiger partial charge in [0.05, 0.1) is 5.56 Å². The number of benzene rings is 1. The minimum absolute atomic E-state index is 0.0581. The topological polar surface area (TPSA) is 42.0 Å². The van der Waals surface area contributed by atoms with Crippen molar-refractivity contribution in [3.05, 3.63) is 41.2 Å². The molecule has 3 rings (SSSR count). The molecule has 2 aromatic rings. The number of fused-ring (bicyclic) bond motifs is 1. The molecule has 0 aliphatic heterocycles. The lowest BCUT2D eigenvalue weighted by Crippen LogP contribution is -2.43. The van der Waals surface area contributed by atoms with Crippen LogP contribution in [0, 0.1) is 5.92 Å². The van der Waals surface area contributed by atoms with Crippen LogP contribution in [-0.2, 0) is 0 Å². The maximum absolute atomic E-state index is 12.3. The number of nitrogens with one attached hydrogen (secondary N) is 1. The zero-order valence-electron chi connectivity index (χ0n) is 10.7. The van der Waals surface area contributed by atoms with Crippen LogP contribution in [0.2, 0.25) is 5.15 Å². The molecule has 0 radical (unpaired) electrons. The second-order valence-corrected chi connectivity index (χ2v) is 5.61. The van der Waals surface area contributed by atoms with Crippen molar-refractivity contribution in [3.63, 3.8) is 0 Å². The molecule has 98 valence electrons. The third-order valence-electron chi connectivity index (χ3n) is 3.70. The van der Waals surface area contributed by atoms with Crippen LogP contribution in [-0.4, -0.2) is 16.9 Å². The van der Waals surface area contributed by atoms with Gasteiger partial charge in [0.15, 0.2) is 0 Å². The van der Waals surface area contributed by atoms with Crippen LogP contribution in [0.1, 0.15) is 30.1 Å². The molecule has 0 bridgehead atoms. The predicted octanol–water partition coefficient (Wildman–Crippen LogP) is 3.42. The van der Waals surface area contributed by atoms with Gasteiger partial charge in [-0.3, -0.25) is 4.79 Å². The molecule has 1 saturated carbocycles. The molecule has 1 fully saturated rings. The number of carbonyl (C=O) groups excluding carboxylic acids is 1. The van der Waals surface area contributed by atoms with Gasteiger partial charge in [-0.25, -0.2) is 4.98 Å². The SMILES string of the molecule is CC1CC(NC(=O)c2cnc(Cl)c3ccccc23)C1. The van der Waals surface area contributed by atoms with E-state index in [4.69, 9.17) is 11.6 Å². The van der Waals surface area contributed by atoms with Crippen molar-refractivity contribution >= 4 is 28.3 Å². The van der Waals surface area contributed by atoms with E-state index in [1.165, 1.54) is 0 Å². The molecule has 1 aromatic heterocycles. The van der Waals surface area contributed by atoms with E-state index in [0.717, 1.165) is 23.6 Å². The Morgan fingerprint density at radius 2 is 2.00 bits per heavy atom. The van der Waals surface area contributed by atoms with Crippen LogP contribution < -0.4 is 5.32 Å². The van der Waals surface area contributed by atoms with Gasteiger partial charge in [0.1, 0.15) is 5.15 Å². The highest BCUT2D eigenvalue weighted by Crippen LogP contribution is 2.28. The Kier molecular flexibility index (Phi) is 3.15. The number of rotatable bonds is 2. The normalized spacial score (nSPS) is 22.0. The van der Waals surface area contributed by atoms with E-state index < -0.39 is 0 Å². The summed E-state index contributed by atoms with van der Waals surface area (Å²) in [6.45, 7) is 2.20. The van der Waals surface area contributed by atoms with Gasteiger partial charge in [0.25, 0.3) is 5.91 Å². The monoisotopic (exact) mass is 274 g/mol. The summed E-state index contributed by atoms with van der Waals surface area (Å²) in [7, 11) is 0. The second kappa shape index (κ2) is 4.82. The summed E-state index contributed by atoms with van der Waals surface area (Å²) in [6.07, 6.45) is 3.68. The molecular weight excluding hydrogens is 260 g/mol. The summed E-state index contributed by atoms with van der Waals surface area (Å²) in [5.74, 6) is 0.655. The number of hydrogen-bond acceptors (Lipinski definition) is 2. The number of halogens is 1. The van der Waals surface area contributed by atoms with E-state index in [-0.39, 0.29) is 5.91 Å². The zero-order chi connectivity index (χ0) is 13.4. The minimum atomic E-state index is -0.0581. The van der Waals surface area contributed by atoms with Crippen LogP contribution in [0.4, 0.5) is 0 Å². The van der Waals surface area contributed by atoms with Gasteiger partial charge in [0, 0.05) is 17.6 Å². The molecule has 1 aromatic carbocycles. The van der Waals surface area contributed by atoms with Gasteiger partial charge in [-0.15, -0.1) is 0 Å². The third kappa shape index (κ3) is 2.30. The number of carbonyl (C=O) groups is 1. The minimum Gasteiger partial charge on any atom is -0.349 e. The molecule has 0 unspecified atom stereocenters. The summed E-state index contributed by atoms with van der Waals surface area (Å²) < 4.78 is 0. The Bertz CT molecular complexity index is 635. The van der Waals surface area contributed by atoms with Crippen LogP contribution in [0.15, 0.2) is 30.5 Å². The lowest BCUT2D eigenvalue weighted by molar-refractivity contribution is 0.0897. The Morgan fingerprint density at radius 3 is 2.68 bits per heavy atom. The Morgan fingerprint density at radius 1 is 1.32 bits per heavy atom. The van der Waals surface area contributed by atoms with E-state index >= 15 is 0 Å². The van der Waals surface area contributed by atoms with Gasteiger partial charge < -0.3 is 5.32 Å². The van der Waals surface area contributed by atoms with E-state index in [1.807, 2.05) is 24.3 Å². The van der Waals surface area contributed by atoms with E-state index in [1.54, 1.807) is 6.20 Å². The fourth-order valence-electron chi connectivity index (χ4n) is 2.62. The van der Waals surface area contributed by atoms with Crippen molar-refractivity contribution in [2.75, 3.05) is 0 Å². The fourth-order valence-corrected chi connectivity index (χ4v) is 2.84. The van der Waals surface area contributed by atoms with E-state index in [9.17, 15) is 4.79 Å². The van der Waals surface area contributed by atoms with Gasteiger partial charge in [0.2, 0.25) is 0 Å². The first-order chi connectivity index (χ1) is 9.15. The van der Waals surface area contributed by atoms with Crippen molar-refractivity contribution in [2.24, 2.45) is 5.92 Å². The standard InChI is InChI=1S/C15H15ClN2O/c1-9-6-10(7-9)18-15(19)13-8-17-14(16)12-5-3-2-4-11(12)13/h2-5,8-10H,6-7H2,1H3,(H,18,19). The van der Waals surface area contributed by atoms with Gasteiger partial charge in [-0.2, -0.15) is 0 Å². The first-order valence-electron chi connectivity index (χ1n) is 6.49. The Labute approximate surface area is 117 Å². The van der Waals surface area contributed by atoms with Gasteiger partial charge in [-0.1, -0.05) is 42.8 Å². The smallest absolute Gasteiger partial charge is 0.253 e. The number of pyridine rings is 1. The molecular formula is C15H15ClN2O. The predicted molar refractivity (Wildman–Crippen MR) is 76.4 cm³/mol. The quantitative estimate of drug-likeness (QED) is 0.853. The molecule has 19 heavy (non-hydrogen) atoms. The lowest BCUT2D eigenvalue weighted by Gasteiger charge is -2.33. The second-order valence-electron chi connectivity index (χ2n) is 5.26. The number of amides is 1. The van der Waals surface area contributed by atoms with Gasteiger partial charge in [-0.05, 0) is 24.1 Å². The highest BCUT2D eigenvalue weighted by atomic mass is 35.5. The Hall–Kier alpha value is -1.61. The number of nitrogens with zero attached hydrogens (tertiary/aromatic N) is 1. The van der Waals surface area contributed by atoms with Crippen LogP contribution >= 0.6 is 11.6 Å². The van der Waals surface area contributed by atoms with Crippen molar-refractivity contribution < 1.29 is 4.79 Å². The van der Waals surface area contributed by atoms with Crippen LogP contribution in [0.25, 0.3) is 10.8 Å². The average molecular weight is 275 g/mol. The van der Waals surface area contributed by atoms with Crippen LogP contribution in [0.5, 0.6) is 0 Å². The summed E-state index contributed by atoms with van der Waals surface area (Å²) in [4.78, 5) is 16.4. The average Bonchev–Trinajstić information content (AvgIpc) is 2.37. The number of aromatic nitrogens is 1. The third-order valence-corrected chi connectivity index (χ3v) is 4.00. The molecule has 1 amide bonds. The largest absolute Gasteiger partial charge is 0.349 e. The first kappa shape index (κ1) is 12.4. The van der Waals surface area contributed by atoms with Crippen molar-refractivity contribution in [2.45, 2.75) is 25.8 Å². The van der Waals surface area contributed by atoms with Crippen molar-refractivity contribution in [1.82, 2.24) is 10.3 Å². The Balaban J connectivity index is 1.92. The molecule has 0 saturated heterocycles. The maximum atomic E-state index is 12.3. The maximum Gasteiger partial charge on any atom is 0.253 e. The van der Waals surface area contributed by atoms with Crippen molar-refractivity contribution in [1.29, 1.82) is 0 Å². The van der Waals surface area contributed by atoms with E-state index in [0.29, 0.717) is 22.7 Å². The molecule has 1 heterocycles. The molecule has 3 nitrogen and oxygen atoms in total. The van der Waals surface area contributed by atoms with Crippen molar-refractivity contribution in [3.8, 4) is 0 Å². The highest BCUT2D eigenvalue weighted by molar-refractivity contribution is 6.34. The summed E-state index contributed by atoms with van der Waals surface area (Å²) in [6, 6.07) is 7.89. The van der Waals surface area contributed by atoms with Crippen LogP contribution in [0.3, 0.4) is 0 Å². The summed E-state index contributed by atoms with van der Waals surface area (Å²) >= 11 is 6.05. The number of hydrogen-bond donors (Lipinski definition) is 1. The molecule has 0 spiro atoms. The lowest BCUT2D eigenvalue weighted by atomic mass is 9.82. The van der Waals surface area contributed by atoms with E-state index in [2.05, 4.69) is 17.2 Å².